The number of hydrogen-bond donors (Lipinski definition) is 2. The quantitative estimate of drug-likeness (QED) is 0.847. The minimum Gasteiger partial charge on any atom is -0.316 e. The van der Waals surface area contributed by atoms with E-state index >= 15 is 0 Å². The summed E-state index contributed by atoms with van der Waals surface area (Å²) in [7, 11) is -1.81. The van der Waals surface area contributed by atoms with Gasteiger partial charge in [0.2, 0.25) is 5.13 Å². The molecule has 21 heavy (non-hydrogen) atoms. The van der Waals surface area contributed by atoms with Gasteiger partial charge < -0.3 is 5.32 Å². The van der Waals surface area contributed by atoms with Crippen LogP contribution in [-0.2, 0) is 23.0 Å². The molecular formula is C13H18N4O2S2. The number of nitrogens with one attached hydrogen (secondary N) is 2. The van der Waals surface area contributed by atoms with E-state index in [0.29, 0.717) is 11.7 Å². The van der Waals surface area contributed by atoms with Crippen molar-refractivity contribution in [3.8, 4) is 0 Å². The summed E-state index contributed by atoms with van der Waals surface area (Å²) in [5.41, 5.74) is 2.00. The molecule has 0 saturated heterocycles. The van der Waals surface area contributed by atoms with Crippen LogP contribution in [-0.4, -0.2) is 25.7 Å². The van der Waals surface area contributed by atoms with Gasteiger partial charge in [0.15, 0.2) is 0 Å². The number of aromatic nitrogens is 2. The molecule has 0 radical (unpaired) electrons. The molecule has 0 unspecified atom stereocenters. The summed E-state index contributed by atoms with van der Waals surface area (Å²) in [5, 5.41) is 11.9. The Kier molecular flexibility index (Phi) is 4.92. The predicted molar refractivity (Wildman–Crippen MR) is 84.0 cm³/mol. The van der Waals surface area contributed by atoms with Gasteiger partial charge in [0.05, 0.1) is 4.90 Å². The van der Waals surface area contributed by atoms with Gasteiger partial charge in [-0.05, 0) is 43.7 Å². The first-order valence-corrected chi connectivity index (χ1v) is 8.85. The van der Waals surface area contributed by atoms with Crippen molar-refractivity contribution < 1.29 is 8.42 Å². The third kappa shape index (κ3) is 3.78. The maximum Gasteiger partial charge on any atom is 0.263 e. The van der Waals surface area contributed by atoms with Crippen molar-refractivity contribution in [1.29, 1.82) is 0 Å². The van der Waals surface area contributed by atoms with Gasteiger partial charge in [0.25, 0.3) is 10.0 Å². The van der Waals surface area contributed by atoms with Crippen LogP contribution in [0.3, 0.4) is 0 Å². The highest BCUT2D eigenvalue weighted by atomic mass is 32.2. The van der Waals surface area contributed by atoms with Crippen LogP contribution in [0.15, 0.2) is 23.1 Å². The Bertz CT molecular complexity index is 726. The average molecular weight is 326 g/mol. The number of anilines is 1. The van der Waals surface area contributed by atoms with E-state index in [-0.39, 0.29) is 4.90 Å². The molecule has 1 aromatic heterocycles. The molecule has 0 fully saturated rings. The second-order valence-electron chi connectivity index (χ2n) is 4.58. The second kappa shape index (κ2) is 6.50. The molecule has 0 aliphatic heterocycles. The van der Waals surface area contributed by atoms with Crippen molar-refractivity contribution in [3.63, 3.8) is 0 Å². The highest BCUT2D eigenvalue weighted by Crippen LogP contribution is 2.21. The lowest BCUT2D eigenvalue weighted by molar-refractivity contribution is 0.601. The largest absolute Gasteiger partial charge is 0.316 e. The topological polar surface area (TPSA) is 84.0 Å². The van der Waals surface area contributed by atoms with E-state index in [9.17, 15) is 8.42 Å². The molecule has 2 N–H and O–H groups in total. The summed E-state index contributed by atoms with van der Waals surface area (Å²) in [6.45, 7) is 4.52. The molecule has 0 saturated carbocycles. The first-order chi connectivity index (χ1) is 9.96. The van der Waals surface area contributed by atoms with Gasteiger partial charge in [-0.2, -0.15) is 0 Å². The smallest absolute Gasteiger partial charge is 0.263 e. The fraction of sp³-hybridized carbons (Fsp3) is 0.385. The van der Waals surface area contributed by atoms with Crippen molar-refractivity contribution in [1.82, 2.24) is 15.5 Å². The average Bonchev–Trinajstić information content (AvgIpc) is 2.88. The number of aryl methyl sites for hydroxylation is 2. The molecule has 0 spiro atoms. The monoisotopic (exact) mass is 326 g/mol. The molecule has 2 aromatic rings. The lowest BCUT2D eigenvalue weighted by Gasteiger charge is -2.09. The van der Waals surface area contributed by atoms with Crippen LogP contribution in [0.2, 0.25) is 0 Å². The molecular weight excluding hydrogens is 308 g/mol. The summed E-state index contributed by atoms with van der Waals surface area (Å²) < 4.78 is 27.2. The summed E-state index contributed by atoms with van der Waals surface area (Å²) in [6, 6.07) is 5.08. The Morgan fingerprint density at radius 3 is 2.67 bits per heavy atom. The number of rotatable bonds is 6. The van der Waals surface area contributed by atoms with Crippen molar-refractivity contribution in [2.45, 2.75) is 31.7 Å². The first kappa shape index (κ1) is 15.9. The minimum absolute atomic E-state index is 0.228. The minimum atomic E-state index is -3.64. The number of sulfonamides is 1. The van der Waals surface area contributed by atoms with Gasteiger partial charge >= 0.3 is 0 Å². The van der Waals surface area contributed by atoms with E-state index in [1.54, 1.807) is 18.2 Å². The van der Waals surface area contributed by atoms with Crippen molar-refractivity contribution in [2.75, 3.05) is 11.8 Å². The van der Waals surface area contributed by atoms with Crippen LogP contribution in [0.4, 0.5) is 5.13 Å². The van der Waals surface area contributed by atoms with E-state index in [1.165, 1.54) is 11.3 Å². The van der Waals surface area contributed by atoms with Crippen LogP contribution < -0.4 is 10.0 Å². The highest BCUT2D eigenvalue weighted by Gasteiger charge is 2.17. The van der Waals surface area contributed by atoms with E-state index < -0.39 is 10.0 Å². The molecule has 114 valence electrons. The van der Waals surface area contributed by atoms with Gasteiger partial charge in [-0.1, -0.05) is 24.3 Å². The normalized spacial score (nSPS) is 11.6. The van der Waals surface area contributed by atoms with Gasteiger partial charge in [-0.25, -0.2) is 8.42 Å². The third-order valence-corrected chi connectivity index (χ3v) is 5.44. The van der Waals surface area contributed by atoms with E-state index in [0.717, 1.165) is 22.6 Å². The zero-order chi connectivity index (χ0) is 15.5. The van der Waals surface area contributed by atoms with E-state index in [1.807, 2.05) is 20.9 Å². The molecule has 2 rings (SSSR count). The molecule has 6 nitrogen and oxygen atoms in total. The fourth-order valence-corrected chi connectivity index (χ4v) is 3.77. The Morgan fingerprint density at radius 1 is 1.29 bits per heavy atom. The molecule has 1 aromatic carbocycles. The zero-order valence-corrected chi connectivity index (χ0v) is 13.8. The predicted octanol–water partition coefficient (Wildman–Crippen LogP) is 1.93. The molecule has 8 heteroatoms. The van der Waals surface area contributed by atoms with Crippen LogP contribution >= 0.6 is 11.3 Å². The summed E-state index contributed by atoms with van der Waals surface area (Å²) in [6.07, 6.45) is 0.732. The Hall–Kier alpha value is -1.51. The molecule has 1 heterocycles. The maximum absolute atomic E-state index is 12.4. The fourth-order valence-electron chi connectivity index (χ4n) is 1.81. The first-order valence-electron chi connectivity index (χ1n) is 6.55. The van der Waals surface area contributed by atoms with E-state index in [2.05, 4.69) is 20.2 Å². The van der Waals surface area contributed by atoms with E-state index in [4.69, 9.17) is 0 Å². The Labute approximate surface area is 128 Å². The summed E-state index contributed by atoms with van der Waals surface area (Å²) in [4.78, 5) is 0.228. The molecule has 0 bridgehead atoms. The van der Waals surface area contributed by atoms with Gasteiger partial charge in [0.1, 0.15) is 5.01 Å². The van der Waals surface area contributed by atoms with Gasteiger partial charge in [-0.15, -0.1) is 10.2 Å². The Balaban J connectivity index is 2.28. The van der Waals surface area contributed by atoms with Crippen LogP contribution in [0, 0.1) is 6.92 Å². The molecule has 0 aliphatic carbocycles. The lowest BCUT2D eigenvalue weighted by atomic mass is 10.1. The Morgan fingerprint density at radius 2 is 2.05 bits per heavy atom. The lowest BCUT2D eigenvalue weighted by Crippen LogP contribution is -2.14. The standard InChI is InChI=1S/C13H18N4O2S2/c1-4-12-15-16-13(20-12)17-21(18,19)11-6-5-9(2)10(7-11)8-14-3/h5-7,14H,4,8H2,1-3H3,(H,16,17). The summed E-state index contributed by atoms with van der Waals surface area (Å²) >= 11 is 1.25. The van der Waals surface area contributed by atoms with Crippen LogP contribution in [0.5, 0.6) is 0 Å². The number of nitrogens with zero attached hydrogens (tertiary/aromatic N) is 2. The molecule has 0 atom stereocenters. The van der Waals surface area contributed by atoms with Gasteiger partial charge in [0, 0.05) is 6.54 Å². The number of hydrogen-bond acceptors (Lipinski definition) is 6. The maximum atomic E-state index is 12.4. The van der Waals surface area contributed by atoms with Crippen LogP contribution in [0.1, 0.15) is 23.1 Å². The second-order valence-corrected chi connectivity index (χ2v) is 7.32. The third-order valence-electron chi connectivity index (χ3n) is 2.99. The highest BCUT2D eigenvalue weighted by molar-refractivity contribution is 7.93. The van der Waals surface area contributed by atoms with Crippen molar-refractivity contribution in [3.05, 3.63) is 34.3 Å². The SMILES string of the molecule is CCc1nnc(NS(=O)(=O)c2ccc(C)c(CNC)c2)s1. The number of benzene rings is 1. The zero-order valence-electron chi connectivity index (χ0n) is 12.2. The van der Waals surface area contributed by atoms with Crippen molar-refractivity contribution in [2.24, 2.45) is 0 Å². The van der Waals surface area contributed by atoms with Gasteiger partial charge in [-0.3, -0.25) is 4.72 Å². The van der Waals surface area contributed by atoms with Crippen LogP contribution in [0.25, 0.3) is 0 Å². The molecule has 0 aliphatic rings. The molecule has 0 amide bonds. The summed E-state index contributed by atoms with van der Waals surface area (Å²) in [5.74, 6) is 0. The van der Waals surface area contributed by atoms with Crippen molar-refractivity contribution >= 4 is 26.5 Å².